The van der Waals surface area contributed by atoms with Crippen LogP contribution < -0.4 is 10.6 Å². The second-order valence-electron chi connectivity index (χ2n) is 5.45. The Morgan fingerprint density at radius 3 is 2.70 bits per heavy atom. The first kappa shape index (κ1) is 14.8. The average molecular weight is 280 g/mol. The quantitative estimate of drug-likeness (QED) is 0.886. The molecule has 1 atom stereocenters. The van der Waals surface area contributed by atoms with Crippen LogP contribution >= 0.6 is 0 Å². The standard InChI is InChI=1S/C15H21FN2O2/c1-10(19)15-12(16)3-2-4-13(15)18-7-5-11(6-8-18)9-14(17)20/h2-4,10-11,19H,5-9H2,1H3,(H2,17,20)/t10-/m0/s1. The van der Waals surface area contributed by atoms with E-state index in [1.54, 1.807) is 13.0 Å². The lowest BCUT2D eigenvalue weighted by Gasteiger charge is -2.35. The van der Waals surface area contributed by atoms with Crippen LogP contribution in [0.2, 0.25) is 0 Å². The highest BCUT2D eigenvalue weighted by Gasteiger charge is 2.24. The number of rotatable bonds is 4. The molecule has 110 valence electrons. The van der Waals surface area contributed by atoms with Gasteiger partial charge in [0.05, 0.1) is 6.10 Å². The van der Waals surface area contributed by atoms with Crippen molar-refractivity contribution in [2.75, 3.05) is 18.0 Å². The molecule has 1 aliphatic rings. The number of carbonyl (C=O) groups excluding carboxylic acids is 1. The van der Waals surface area contributed by atoms with E-state index in [0.717, 1.165) is 31.6 Å². The van der Waals surface area contributed by atoms with Gasteiger partial charge in [0.1, 0.15) is 5.82 Å². The van der Waals surface area contributed by atoms with Crippen molar-refractivity contribution in [1.82, 2.24) is 0 Å². The minimum atomic E-state index is -0.838. The summed E-state index contributed by atoms with van der Waals surface area (Å²) >= 11 is 0. The Kier molecular flexibility index (Phi) is 4.60. The lowest BCUT2D eigenvalue weighted by molar-refractivity contribution is -0.119. The summed E-state index contributed by atoms with van der Waals surface area (Å²) in [7, 11) is 0. The number of nitrogens with two attached hydrogens (primary N) is 1. The second kappa shape index (κ2) is 6.22. The number of hydrogen-bond acceptors (Lipinski definition) is 3. The maximum Gasteiger partial charge on any atom is 0.217 e. The van der Waals surface area contributed by atoms with Crippen LogP contribution in [0.15, 0.2) is 18.2 Å². The zero-order valence-electron chi connectivity index (χ0n) is 11.7. The molecule has 3 N–H and O–H groups in total. The molecular formula is C15H21FN2O2. The van der Waals surface area contributed by atoms with Crippen LogP contribution in [-0.2, 0) is 4.79 Å². The van der Waals surface area contributed by atoms with Gasteiger partial charge in [0.2, 0.25) is 5.91 Å². The summed E-state index contributed by atoms with van der Waals surface area (Å²) in [6, 6.07) is 4.86. The number of benzene rings is 1. The zero-order chi connectivity index (χ0) is 14.7. The van der Waals surface area contributed by atoms with Crippen molar-refractivity contribution < 1.29 is 14.3 Å². The van der Waals surface area contributed by atoms with Crippen molar-refractivity contribution in [2.45, 2.75) is 32.3 Å². The molecule has 5 heteroatoms. The highest BCUT2D eigenvalue weighted by molar-refractivity contribution is 5.74. The number of aliphatic hydroxyl groups excluding tert-OH is 1. The van der Waals surface area contributed by atoms with Gasteiger partial charge in [-0.3, -0.25) is 4.79 Å². The van der Waals surface area contributed by atoms with E-state index in [2.05, 4.69) is 4.90 Å². The number of anilines is 1. The Hall–Kier alpha value is -1.62. The van der Waals surface area contributed by atoms with Gasteiger partial charge >= 0.3 is 0 Å². The maximum atomic E-state index is 13.9. The molecule has 0 spiro atoms. The molecule has 0 aliphatic carbocycles. The van der Waals surface area contributed by atoms with Crippen LogP contribution in [-0.4, -0.2) is 24.1 Å². The van der Waals surface area contributed by atoms with Gasteiger partial charge in [-0.15, -0.1) is 0 Å². The molecule has 0 radical (unpaired) electrons. The number of carbonyl (C=O) groups is 1. The van der Waals surface area contributed by atoms with Crippen molar-refractivity contribution in [1.29, 1.82) is 0 Å². The van der Waals surface area contributed by atoms with E-state index < -0.39 is 6.10 Å². The van der Waals surface area contributed by atoms with Gasteiger partial charge in [0, 0.05) is 30.8 Å². The number of aliphatic hydroxyl groups is 1. The van der Waals surface area contributed by atoms with Crippen molar-refractivity contribution in [3.8, 4) is 0 Å². The molecule has 1 fully saturated rings. The first-order valence-corrected chi connectivity index (χ1v) is 6.98. The van der Waals surface area contributed by atoms with Crippen molar-refractivity contribution in [3.05, 3.63) is 29.6 Å². The van der Waals surface area contributed by atoms with E-state index in [0.29, 0.717) is 17.9 Å². The fourth-order valence-corrected chi connectivity index (χ4v) is 2.88. The number of amides is 1. The Bertz CT molecular complexity index is 483. The molecule has 1 amide bonds. The Balaban J connectivity index is 2.11. The molecule has 0 unspecified atom stereocenters. The van der Waals surface area contributed by atoms with Crippen LogP contribution in [0.3, 0.4) is 0 Å². The number of nitrogens with zero attached hydrogens (tertiary/aromatic N) is 1. The van der Waals surface area contributed by atoms with Gasteiger partial charge < -0.3 is 15.7 Å². The monoisotopic (exact) mass is 280 g/mol. The molecule has 1 heterocycles. The Morgan fingerprint density at radius 2 is 2.15 bits per heavy atom. The summed E-state index contributed by atoms with van der Waals surface area (Å²) in [5.74, 6) is -0.331. The van der Waals surface area contributed by atoms with Gasteiger partial charge in [0.15, 0.2) is 0 Å². The Morgan fingerprint density at radius 1 is 1.50 bits per heavy atom. The van der Waals surface area contributed by atoms with Crippen molar-refractivity contribution in [2.24, 2.45) is 11.7 Å². The lowest BCUT2D eigenvalue weighted by atomic mass is 9.92. The molecule has 0 bridgehead atoms. The van der Waals surface area contributed by atoms with Crippen LogP contribution in [0.1, 0.15) is 37.9 Å². The van der Waals surface area contributed by atoms with Crippen molar-refractivity contribution in [3.63, 3.8) is 0 Å². The summed E-state index contributed by atoms with van der Waals surface area (Å²) < 4.78 is 13.9. The fourth-order valence-electron chi connectivity index (χ4n) is 2.88. The molecule has 0 aromatic heterocycles. The fraction of sp³-hybridized carbons (Fsp3) is 0.533. The van der Waals surface area contributed by atoms with E-state index >= 15 is 0 Å². The predicted molar refractivity (Wildman–Crippen MR) is 75.8 cm³/mol. The summed E-state index contributed by atoms with van der Waals surface area (Å²) in [5.41, 5.74) is 6.31. The number of halogens is 1. The molecular weight excluding hydrogens is 259 g/mol. The minimum Gasteiger partial charge on any atom is -0.389 e. The minimum absolute atomic E-state index is 0.265. The summed E-state index contributed by atoms with van der Waals surface area (Å²) in [6.45, 7) is 3.07. The normalized spacial score (nSPS) is 18.1. The third kappa shape index (κ3) is 3.28. The molecule has 1 aromatic carbocycles. The van der Waals surface area contributed by atoms with E-state index in [1.165, 1.54) is 6.07 Å². The smallest absolute Gasteiger partial charge is 0.217 e. The van der Waals surface area contributed by atoms with Gasteiger partial charge in [0.25, 0.3) is 0 Å². The highest BCUT2D eigenvalue weighted by Crippen LogP contribution is 2.32. The third-order valence-electron chi connectivity index (χ3n) is 3.89. The van der Waals surface area contributed by atoms with Crippen LogP contribution in [0.4, 0.5) is 10.1 Å². The second-order valence-corrected chi connectivity index (χ2v) is 5.45. The van der Waals surface area contributed by atoms with E-state index in [4.69, 9.17) is 5.73 Å². The molecule has 1 aliphatic heterocycles. The first-order chi connectivity index (χ1) is 9.49. The van der Waals surface area contributed by atoms with Crippen molar-refractivity contribution >= 4 is 11.6 Å². The Labute approximate surface area is 118 Å². The summed E-state index contributed by atoms with van der Waals surface area (Å²) in [6.07, 6.45) is 1.30. The third-order valence-corrected chi connectivity index (χ3v) is 3.89. The topological polar surface area (TPSA) is 66.6 Å². The van der Waals surface area contributed by atoms with E-state index in [9.17, 15) is 14.3 Å². The molecule has 20 heavy (non-hydrogen) atoms. The van der Waals surface area contributed by atoms with Crippen LogP contribution in [0.25, 0.3) is 0 Å². The van der Waals surface area contributed by atoms with Gasteiger partial charge in [-0.05, 0) is 37.8 Å². The van der Waals surface area contributed by atoms with E-state index in [-0.39, 0.29) is 11.7 Å². The maximum absolute atomic E-state index is 13.9. The lowest BCUT2D eigenvalue weighted by Crippen LogP contribution is -2.35. The molecule has 1 aromatic rings. The predicted octanol–water partition coefficient (Wildman–Crippen LogP) is 1.97. The van der Waals surface area contributed by atoms with Gasteiger partial charge in [-0.2, -0.15) is 0 Å². The summed E-state index contributed by atoms with van der Waals surface area (Å²) in [4.78, 5) is 13.0. The molecule has 1 saturated heterocycles. The number of piperidine rings is 1. The van der Waals surface area contributed by atoms with Crippen LogP contribution in [0, 0.1) is 11.7 Å². The SMILES string of the molecule is C[C@H](O)c1c(F)cccc1N1CCC(CC(N)=O)CC1. The number of primary amides is 1. The zero-order valence-corrected chi connectivity index (χ0v) is 11.7. The molecule has 4 nitrogen and oxygen atoms in total. The average Bonchev–Trinajstić information content (AvgIpc) is 2.38. The van der Waals surface area contributed by atoms with Gasteiger partial charge in [-0.1, -0.05) is 6.07 Å². The molecule has 2 rings (SSSR count). The van der Waals surface area contributed by atoms with Crippen LogP contribution in [0.5, 0.6) is 0 Å². The van der Waals surface area contributed by atoms with Gasteiger partial charge in [-0.25, -0.2) is 4.39 Å². The summed E-state index contributed by atoms with van der Waals surface area (Å²) in [5, 5.41) is 9.76. The van der Waals surface area contributed by atoms with E-state index in [1.807, 2.05) is 6.07 Å². The molecule has 0 saturated carbocycles. The highest BCUT2D eigenvalue weighted by atomic mass is 19.1. The number of hydrogen-bond donors (Lipinski definition) is 2. The first-order valence-electron chi connectivity index (χ1n) is 6.98. The largest absolute Gasteiger partial charge is 0.389 e.